The minimum Gasteiger partial charge on any atom is -0.452 e. The molecule has 0 saturated carbocycles. The molecule has 6 nitrogen and oxygen atoms in total. The van der Waals surface area contributed by atoms with Crippen molar-refractivity contribution < 1.29 is 18.7 Å². The van der Waals surface area contributed by atoms with Crippen LogP contribution in [-0.2, 0) is 9.53 Å². The topological polar surface area (TPSA) is 73.2 Å². The molecule has 1 N–H and O–H groups in total. The maximum absolute atomic E-state index is 13.6. The first kappa shape index (κ1) is 17.1. The van der Waals surface area contributed by atoms with Gasteiger partial charge in [0.05, 0.1) is 11.8 Å². The van der Waals surface area contributed by atoms with Gasteiger partial charge in [-0.3, -0.25) is 4.79 Å². The first-order valence-electron chi connectivity index (χ1n) is 6.84. The van der Waals surface area contributed by atoms with E-state index in [1.54, 1.807) is 16.9 Å². The summed E-state index contributed by atoms with van der Waals surface area (Å²) in [5, 5.41) is 6.66. The van der Waals surface area contributed by atoms with Gasteiger partial charge in [0.2, 0.25) is 0 Å². The molecular formula is C15H15BrFN3O3. The second kappa shape index (κ2) is 7.36. The van der Waals surface area contributed by atoms with Crippen molar-refractivity contribution in [3.8, 4) is 0 Å². The van der Waals surface area contributed by atoms with Crippen molar-refractivity contribution in [2.45, 2.75) is 19.9 Å². The molecule has 0 spiro atoms. The van der Waals surface area contributed by atoms with Crippen LogP contribution in [-0.4, -0.2) is 28.3 Å². The summed E-state index contributed by atoms with van der Waals surface area (Å²) in [6.45, 7) is 3.31. The van der Waals surface area contributed by atoms with Gasteiger partial charge in [0, 0.05) is 16.6 Å². The summed E-state index contributed by atoms with van der Waals surface area (Å²) in [7, 11) is 0. The summed E-state index contributed by atoms with van der Waals surface area (Å²) in [5.74, 6) is -1.65. The second-order valence-electron chi connectivity index (χ2n) is 5.00. The summed E-state index contributed by atoms with van der Waals surface area (Å²) < 4.78 is 20.5. The van der Waals surface area contributed by atoms with Crippen LogP contribution in [0.3, 0.4) is 0 Å². The van der Waals surface area contributed by atoms with Gasteiger partial charge in [0.25, 0.3) is 5.91 Å². The lowest BCUT2D eigenvalue weighted by atomic mass is 10.2. The molecule has 1 amide bonds. The fourth-order valence-electron chi connectivity index (χ4n) is 1.87. The van der Waals surface area contributed by atoms with Gasteiger partial charge in [-0.2, -0.15) is 5.10 Å². The van der Waals surface area contributed by atoms with Gasteiger partial charge in [-0.15, -0.1) is 0 Å². The Morgan fingerprint density at radius 3 is 2.83 bits per heavy atom. The average Bonchev–Trinajstić information content (AvgIpc) is 2.95. The molecule has 0 aliphatic rings. The highest BCUT2D eigenvalue weighted by Gasteiger charge is 2.16. The Hall–Kier alpha value is -2.22. The summed E-state index contributed by atoms with van der Waals surface area (Å²) in [4.78, 5) is 23.7. The summed E-state index contributed by atoms with van der Waals surface area (Å²) in [6, 6.07) is 5.60. The van der Waals surface area contributed by atoms with E-state index in [-0.39, 0.29) is 11.6 Å². The summed E-state index contributed by atoms with van der Waals surface area (Å²) in [6.07, 6.45) is 1.55. The Morgan fingerprint density at radius 2 is 2.13 bits per heavy atom. The average molecular weight is 384 g/mol. The Labute approximate surface area is 140 Å². The number of ether oxygens (including phenoxy) is 1. The molecule has 0 radical (unpaired) electrons. The lowest BCUT2D eigenvalue weighted by molar-refractivity contribution is -0.119. The van der Waals surface area contributed by atoms with Crippen molar-refractivity contribution in [3.63, 3.8) is 0 Å². The predicted octanol–water partition coefficient (Wildman–Crippen LogP) is 3.16. The number of nitrogens with one attached hydrogen (secondary N) is 1. The number of aromatic nitrogens is 2. The van der Waals surface area contributed by atoms with E-state index in [0.717, 1.165) is 6.07 Å². The first-order valence-corrected chi connectivity index (χ1v) is 7.63. The van der Waals surface area contributed by atoms with Crippen LogP contribution < -0.4 is 5.32 Å². The molecule has 0 bridgehead atoms. The minimum absolute atomic E-state index is 0.0682. The van der Waals surface area contributed by atoms with Gasteiger partial charge < -0.3 is 10.1 Å². The minimum atomic E-state index is -0.906. The number of hydrogen-bond acceptors (Lipinski definition) is 4. The Balaban J connectivity index is 1.95. The van der Waals surface area contributed by atoms with Gasteiger partial charge in [-0.1, -0.05) is 15.9 Å². The van der Waals surface area contributed by atoms with E-state index in [2.05, 4.69) is 26.3 Å². The van der Waals surface area contributed by atoms with Crippen LogP contribution in [0.25, 0.3) is 0 Å². The first-order chi connectivity index (χ1) is 10.9. The highest BCUT2D eigenvalue weighted by atomic mass is 79.9. The van der Waals surface area contributed by atoms with E-state index in [9.17, 15) is 14.0 Å². The summed E-state index contributed by atoms with van der Waals surface area (Å²) >= 11 is 3.14. The number of esters is 1. The van der Waals surface area contributed by atoms with Crippen LogP contribution in [0.5, 0.6) is 0 Å². The quantitative estimate of drug-likeness (QED) is 0.804. The highest BCUT2D eigenvalue weighted by molar-refractivity contribution is 9.10. The molecule has 0 unspecified atom stereocenters. The van der Waals surface area contributed by atoms with Crippen LogP contribution >= 0.6 is 15.9 Å². The summed E-state index contributed by atoms with van der Waals surface area (Å²) in [5.41, 5.74) is -0.237. The molecular weight excluding hydrogens is 369 g/mol. The number of benzene rings is 1. The van der Waals surface area contributed by atoms with Crippen molar-refractivity contribution in [1.82, 2.24) is 9.78 Å². The van der Waals surface area contributed by atoms with Gasteiger partial charge in [-0.25, -0.2) is 13.9 Å². The monoisotopic (exact) mass is 383 g/mol. The van der Waals surface area contributed by atoms with E-state index < -0.39 is 24.3 Å². The lowest BCUT2D eigenvalue weighted by Gasteiger charge is -2.12. The van der Waals surface area contributed by atoms with Gasteiger partial charge in [0.15, 0.2) is 6.61 Å². The van der Waals surface area contributed by atoms with Crippen LogP contribution in [0, 0.1) is 5.82 Å². The molecule has 1 aromatic carbocycles. The number of anilines is 1. The zero-order chi connectivity index (χ0) is 17.0. The zero-order valence-electron chi connectivity index (χ0n) is 12.5. The van der Waals surface area contributed by atoms with Crippen molar-refractivity contribution in [2.24, 2.45) is 0 Å². The third-order valence-corrected chi connectivity index (χ3v) is 3.40. The van der Waals surface area contributed by atoms with E-state index in [1.165, 1.54) is 12.1 Å². The third kappa shape index (κ3) is 4.38. The van der Waals surface area contributed by atoms with Gasteiger partial charge in [0.1, 0.15) is 11.6 Å². The molecule has 8 heteroatoms. The Bertz CT molecular complexity index is 731. The van der Waals surface area contributed by atoms with Crippen molar-refractivity contribution in [1.29, 1.82) is 0 Å². The molecule has 2 aromatic rings. The van der Waals surface area contributed by atoms with E-state index >= 15 is 0 Å². The number of rotatable bonds is 5. The predicted molar refractivity (Wildman–Crippen MR) is 85.6 cm³/mol. The van der Waals surface area contributed by atoms with Crippen LogP contribution in [0.15, 0.2) is 34.9 Å². The lowest BCUT2D eigenvalue weighted by Crippen LogP contribution is -2.23. The van der Waals surface area contributed by atoms with E-state index in [1.807, 2.05) is 13.8 Å². The number of hydrogen-bond donors (Lipinski definition) is 1. The maximum Gasteiger partial charge on any atom is 0.341 e. The maximum atomic E-state index is 13.6. The molecule has 0 aliphatic carbocycles. The van der Waals surface area contributed by atoms with Crippen molar-refractivity contribution >= 4 is 33.6 Å². The number of carbonyl (C=O) groups is 2. The molecule has 1 heterocycles. The fraction of sp³-hybridized carbons (Fsp3) is 0.267. The van der Waals surface area contributed by atoms with Crippen LogP contribution in [0.1, 0.15) is 30.2 Å². The Kier molecular flexibility index (Phi) is 5.49. The highest BCUT2D eigenvalue weighted by Crippen LogP contribution is 2.17. The molecule has 0 aliphatic heterocycles. The smallest absolute Gasteiger partial charge is 0.341 e. The number of amides is 1. The number of halogens is 2. The van der Waals surface area contributed by atoms with Crippen molar-refractivity contribution in [3.05, 3.63) is 46.3 Å². The normalized spacial score (nSPS) is 10.7. The van der Waals surface area contributed by atoms with Crippen LogP contribution in [0.4, 0.5) is 10.2 Å². The molecule has 2 rings (SSSR count). The van der Waals surface area contributed by atoms with Crippen LogP contribution in [0.2, 0.25) is 0 Å². The van der Waals surface area contributed by atoms with Gasteiger partial charge in [-0.05, 0) is 32.0 Å². The molecule has 23 heavy (non-hydrogen) atoms. The molecule has 0 fully saturated rings. The molecule has 0 saturated heterocycles. The molecule has 122 valence electrons. The van der Waals surface area contributed by atoms with E-state index in [4.69, 9.17) is 4.74 Å². The Morgan fingerprint density at radius 1 is 1.39 bits per heavy atom. The van der Waals surface area contributed by atoms with E-state index in [0.29, 0.717) is 10.3 Å². The number of carbonyl (C=O) groups excluding carboxylic acids is 2. The fourth-order valence-corrected chi connectivity index (χ4v) is 2.23. The zero-order valence-corrected chi connectivity index (χ0v) is 14.1. The third-order valence-electron chi connectivity index (χ3n) is 2.91. The standard InChI is InChI=1S/C15H15BrFN3O3/c1-9(2)20-13(5-6-18-20)19-14(21)8-23-15(22)11-7-10(16)3-4-12(11)17/h3-7,9H,8H2,1-2H3,(H,19,21). The molecule has 1 aromatic heterocycles. The second-order valence-corrected chi connectivity index (χ2v) is 5.92. The van der Waals surface area contributed by atoms with Gasteiger partial charge >= 0.3 is 5.97 Å². The van der Waals surface area contributed by atoms with Crippen molar-refractivity contribution in [2.75, 3.05) is 11.9 Å². The SMILES string of the molecule is CC(C)n1nccc1NC(=O)COC(=O)c1cc(Br)ccc1F. The molecule has 0 atom stereocenters. The largest absolute Gasteiger partial charge is 0.452 e. The number of nitrogens with zero attached hydrogens (tertiary/aromatic N) is 2.